The highest BCUT2D eigenvalue weighted by Crippen LogP contribution is 2.18. The normalized spacial score (nSPS) is 9.56. The standard InChI is InChI=1S/C12H13IO3/c1-2-10(14)7-8-15-11-3-5-12(6-4-11)16-9-13/h2-6H,1,7-9H2. The quantitative estimate of drug-likeness (QED) is 0.437. The zero-order valence-electron chi connectivity index (χ0n) is 8.82. The zero-order chi connectivity index (χ0) is 11.8. The van der Waals surface area contributed by atoms with Gasteiger partial charge in [0.15, 0.2) is 5.78 Å². The molecule has 0 heterocycles. The van der Waals surface area contributed by atoms with Crippen molar-refractivity contribution in [3.63, 3.8) is 0 Å². The molecule has 0 aliphatic heterocycles. The van der Waals surface area contributed by atoms with Crippen LogP contribution in [0.15, 0.2) is 36.9 Å². The van der Waals surface area contributed by atoms with Crippen molar-refractivity contribution in [1.29, 1.82) is 0 Å². The number of hydrogen-bond donors (Lipinski definition) is 0. The van der Waals surface area contributed by atoms with Gasteiger partial charge < -0.3 is 9.47 Å². The SMILES string of the molecule is C=CC(=O)CCOc1ccc(OCI)cc1. The number of halogens is 1. The van der Waals surface area contributed by atoms with Crippen molar-refractivity contribution in [1.82, 2.24) is 0 Å². The Morgan fingerprint density at radius 1 is 1.25 bits per heavy atom. The van der Waals surface area contributed by atoms with E-state index in [1.807, 2.05) is 24.3 Å². The second kappa shape index (κ2) is 7.27. The molecule has 16 heavy (non-hydrogen) atoms. The number of alkyl halides is 1. The van der Waals surface area contributed by atoms with Crippen LogP contribution in [0.3, 0.4) is 0 Å². The summed E-state index contributed by atoms with van der Waals surface area (Å²) in [5, 5.41) is 0. The maximum Gasteiger partial charge on any atom is 0.158 e. The minimum atomic E-state index is -0.00938. The zero-order valence-corrected chi connectivity index (χ0v) is 11.0. The lowest BCUT2D eigenvalue weighted by molar-refractivity contribution is -0.115. The Balaban J connectivity index is 2.37. The Hall–Kier alpha value is -1.04. The van der Waals surface area contributed by atoms with E-state index in [1.165, 1.54) is 6.08 Å². The molecule has 86 valence electrons. The average Bonchev–Trinajstić information content (AvgIpc) is 2.31. The highest BCUT2D eigenvalue weighted by atomic mass is 127. The lowest BCUT2D eigenvalue weighted by Crippen LogP contribution is -2.03. The summed E-state index contributed by atoms with van der Waals surface area (Å²) in [5.74, 6) is 1.53. The summed E-state index contributed by atoms with van der Waals surface area (Å²) >= 11 is 2.13. The molecule has 0 fully saturated rings. The van der Waals surface area contributed by atoms with Gasteiger partial charge in [0.25, 0.3) is 0 Å². The molecule has 0 saturated heterocycles. The third-order valence-electron chi connectivity index (χ3n) is 1.89. The summed E-state index contributed by atoms with van der Waals surface area (Å²) in [6, 6.07) is 7.31. The summed E-state index contributed by atoms with van der Waals surface area (Å²) < 4.78 is 11.3. The monoisotopic (exact) mass is 332 g/mol. The van der Waals surface area contributed by atoms with E-state index in [-0.39, 0.29) is 5.78 Å². The first kappa shape index (κ1) is 13.0. The van der Waals surface area contributed by atoms with Crippen molar-refractivity contribution in [2.24, 2.45) is 0 Å². The van der Waals surface area contributed by atoms with E-state index in [9.17, 15) is 4.79 Å². The minimum absolute atomic E-state index is 0.00938. The van der Waals surface area contributed by atoms with Crippen molar-refractivity contribution in [3.8, 4) is 11.5 Å². The Morgan fingerprint density at radius 2 is 1.81 bits per heavy atom. The summed E-state index contributed by atoms with van der Waals surface area (Å²) in [7, 11) is 0. The number of carbonyl (C=O) groups is 1. The minimum Gasteiger partial charge on any atom is -0.493 e. The van der Waals surface area contributed by atoms with E-state index in [4.69, 9.17) is 9.47 Å². The summed E-state index contributed by atoms with van der Waals surface area (Å²) in [4.78, 5) is 10.9. The Labute approximate surface area is 109 Å². The highest BCUT2D eigenvalue weighted by Gasteiger charge is 1.98. The fourth-order valence-corrected chi connectivity index (χ4v) is 1.43. The number of ether oxygens (including phenoxy) is 2. The van der Waals surface area contributed by atoms with E-state index in [1.54, 1.807) is 0 Å². The van der Waals surface area contributed by atoms with Crippen LogP contribution in [0.25, 0.3) is 0 Å². The van der Waals surface area contributed by atoms with Crippen molar-refractivity contribution < 1.29 is 14.3 Å². The van der Waals surface area contributed by atoms with Gasteiger partial charge in [-0.15, -0.1) is 0 Å². The second-order valence-electron chi connectivity index (χ2n) is 2.99. The number of ketones is 1. The molecule has 0 saturated carbocycles. The maximum atomic E-state index is 10.9. The highest BCUT2D eigenvalue weighted by molar-refractivity contribution is 14.1. The van der Waals surface area contributed by atoms with E-state index in [0.717, 1.165) is 11.5 Å². The van der Waals surface area contributed by atoms with E-state index < -0.39 is 0 Å². The first-order valence-corrected chi connectivity index (χ1v) is 6.35. The van der Waals surface area contributed by atoms with E-state index >= 15 is 0 Å². The molecule has 1 aromatic carbocycles. The van der Waals surface area contributed by atoms with Gasteiger partial charge in [-0.2, -0.15) is 0 Å². The molecule has 0 amide bonds. The molecule has 0 aliphatic carbocycles. The van der Waals surface area contributed by atoms with Gasteiger partial charge in [0, 0.05) is 6.42 Å². The van der Waals surface area contributed by atoms with E-state index in [2.05, 4.69) is 29.2 Å². The molecule has 0 radical (unpaired) electrons. The van der Waals surface area contributed by atoms with Gasteiger partial charge in [0.2, 0.25) is 0 Å². The summed E-state index contributed by atoms with van der Waals surface area (Å²) in [6.07, 6.45) is 1.66. The lowest BCUT2D eigenvalue weighted by atomic mass is 10.3. The first-order chi connectivity index (χ1) is 7.76. The third kappa shape index (κ3) is 4.65. The maximum absolute atomic E-state index is 10.9. The molecule has 0 atom stereocenters. The lowest BCUT2D eigenvalue weighted by Gasteiger charge is -2.06. The van der Waals surface area contributed by atoms with Crippen LogP contribution in [-0.2, 0) is 4.79 Å². The van der Waals surface area contributed by atoms with Crippen molar-refractivity contribution in [3.05, 3.63) is 36.9 Å². The molecule has 3 nitrogen and oxygen atoms in total. The van der Waals surface area contributed by atoms with Crippen LogP contribution in [0.5, 0.6) is 11.5 Å². The molecule has 0 unspecified atom stereocenters. The van der Waals surface area contributed by atoms with Gasteiger partial charge in [-0.3, -0.25) is 4.79 Å². The number of benzene rings is 1. The fraction of sp³-hybridized carbons (Fsp3) is 0.250. The fourth-order valence-electron chi connectivity index (χ4n) is 1.07. The van der Waals surface area contributed by atoms with Crippen LogP contribution >= 0.6 is 22.6 Å². The molecule has 0 N–H and O–H groups in total. The molecule has 0 aliphatic rings. The van der Waals surface area contributed by atoms with Crippen molar-refractivity contribution >= 4 is 28.4 Å². The molecular weight excluding hydrogens is 319 g/mol. The van der Waals surface area contributed by atoms with Gasteiger partial charge in [0.05, 0.1) is 6.61 Å². The predicted octanol–water partition coefficient (Wildman–Crippen LogP) is 2.98. The van der Waals surface area contributed by atoms with Gasteiger partial charge in [-0.05, 0) is 52.9 Å². The van der Waals surface area contributed by atoms with Gasteiger partial charge >= 0.3 is 0 Å². The van der Waals surface area contributed by atoms with Crippen LogP contribution in [0.4, 0.5) is 0 Å². The molecule has 0 bridgehead atoms. The molecule has 0 spiro atoms. The summed E-state index contributed by atoms with van der Waals surface area (Å²) in [5.41, 5.74) is 0. The van der Waals surface area contributed by atoms with Crippen LogP contribution < -0.4 is 9.47 Å². The van der Waals surface area contributed by atoms with Gasteiger partial charge in [0.1, 0.15) is 16.1 Å². The van der Waals surface area contributed by atoms with E-state index in [0.29, 0.717) is 17.6 Å². The topological polar surface area (TPSA) is 35.5 Å². The van der Waals surface area contributed by atoms with Crippen LogP contribution in [-0.4, -0.2) is 17.0 Å². The second-order valence-corrected chi connectivity index (χ2v) is 3.62. The molecular formula is C12H13IO3. The largest absolute Gasteiger partial charge is 0.493 e. The first-order valence-electron chi connectivity index (χ1n) is 4.83. The predicted molar refractivity (Wildman–Crippen MR) is 71.3 cm³/mol. The number of hydrogen-bond acceptors (Lipinski definition) is 3. The molecule has 1 aromatic rings. The number of allylic oxidation sites excluding steroid dienone is 1. The van der Waals surface area contributed by atoms with Crippen molar-refractivity contribution in [2.75, 3.05) is 11.2 Å². The number of rotatable bonds is 7. The third-order valence-corrected chi connectivity index (χ3v) is 2.20. The van der Waals surface area contributed by atoms with Crippen LogP contribution in [0.1, 0.15) is 6.42 Å². The van der Waals surface area contributed by atoms with Crippen LogP contribution in [0, 0.1) is 0 Å². The Morgan fingerprint density at radius 3 is 2.31 bits per heavy atom. The smallest absolute Gasteiger partial charge is 0.158 e. The van der Waals surface area contributed by atoms with Crippen molar-refractivity contribution in [2.45, 2.75) is 6.42 Å². The molecule has 1 rings (SSSR count). The van der Waals surface area contributed by atoms with Gasteiger partial charge in [-0.1, -0.05) is 6.58 Å². The van der Waals surface area contributed by atoms with Crippen LogP contribution in [0.2, 0.25) is 0 Å². The average molecular weight is 332 g/mol. The Bertz CT molecular complexity index is 346. The number of carbonyl (C=O) groups excluding carboxylic acids is 1. The molecule has 4 heteroatoms. The van der Waals surface area contributed by atoms with Gasteiger partial charge in [-0.25, -0.2) is 0 Å². The summed E-state index contributed by atoms with van der Waals surface area (Å²) in [6.45, 7) is 3.77. The Kier molecular flexibility index (Phi) is 5.92. The molecule has 0 aromatic heterocycles.